The third kappa shape index (κ3) is 6.67. The SMILES string of the molecule is CO[C@@H]1CO[C@H]2[C@@H]1OC[C@H]2Oc1ccc(-c2ncc(NCc3ccc(C)c(C)c3)c(=O)n2CC(=O)OC(C)(C)C)cc1. The van der Waals surface area contributed by atoms with Gasteiger partial charge >= 0.3 is 5.97 Å². The number of carbonyl (C=O) groups excluding carboxylic acids is 1. The number of aryl methyl sites for hydroxylation is 2. The van der Waals surface area contributed by atoms with Gasteiger partial charge in [-0.05, 0) is 75.6 Å². The van der Waals surface area contributed by atoms with Crippen LogP contribution in [0.25, 0.3) is 11.4 Å². The molecule has 2 fully saturated rings. The van der Waals surface area contributed by atoms with Gasteiger partial charge in [0.1, 0.15) is 47.7 Å². The van der Waals surface area contributed by atoms with E-state index in [2.05, 4.69) is 36.3 Å². The summed E-state index contributed by atoms with van der Waals surface area (Å²) in [6.45, 7) is 10.5. The first-order chi connectivity index (χ1) is 20.0. The number of nitrogens with one attached hydrogen (secondary N) is 1. The van der Waals surface area contributed by atoms with E-state index in [4.69, 9.17) is 23.7 Å². The van der Waals surface area contributed by atoms with Crippen molar-refractivity contribution in [2.24, 2.45) is 0 Å². The minimum absolute atomic E-state index is 0.0998. The second kappa shape index (κ2) is 12.2. The van der Waals surface area contributed by atoms with Crippen LogP contribution in [0.15, 0.2) is 53.5 Å². The van der Waals surface area contributed by atoms with E-state index >= 15 is 0 Å². The molecule has 0 unspecified atom stereocenters. The fourth-order valence-electron chi connectivity index (χ4n) is 5.19. The van der Waals surface area contributed by atoms with Crippen LogP contribution >= 0.6 is 0 Å². The van der Waals surface area contributed by atoms with Gasteiger partial charge in [0, 0.05) is 19.2 Å². The summed E-state index contributed by atoms with van der Waals surface area (Å²) in [4.78, 5) is 31.1. The van der Waals surface area contributed by atoms with E-state index in [0.717, 1.165) is 5.56 Å². The number of aromatic nitrogens is 2. The fourth-order valence-corrected chi connectivity index (χ4v) is 5.19. The molecule has 2 aliphatic heterocycles. The maximum Gasteiger partial charge on any atom is 0.326 e. The molecule has 42 heavy (non-hydrogen) atoms. The molecule has 10 heteroatoms. The van der Waals surface area contributed by atoms with Crippen LogP contribution in [-0.4, -0.2) is 65.9 Å². The summed E-state index contributed by atoms with van der Waals surface area (Å²) in [7, 11) is 1.65. The minimum Gasteiger partial charge on any atom is -0.485 e. The molecular weight excluding hydrogens is 538 g/mol. The quantitative estimate of drug-likeness (QED) is 0.377. The van der Waals surface area contributed by atoms with Crippen LogP contribution in [0.3, 0.4) is 0 Å². The van der Waals surface area contributed by atoms with Gasteiger partial charge in [-0.2, -0.15) is 0 Å². The van der Waals surface area contributed by atoms with Crippen LogP contribution in [0.1, 0.15) is 37.5 Å². The Morgan fingerprint density at radius 2 is 1.71 bits per heavy atom. The number of rotatable bonds is 9. The first-order valence-corrected chi connectivity index (χ1v) is 14.2. The topological polar surface area (TPSA) is 110 Å². The van der Waals surface area contributed by atoms with Gasteiger partial charge in [0.25, 0.3) is 5.56 Å². The van der Waals surface area contributed by atoms with E-state index in [-0.39, 0.29) is 36.5 Å². The van der Waals surface area contributed by atoms with Crippen LogP contribution in [-0.2, 0) is 36.8 Å². The number of benzene rings is 2. The lowest BCUT2D eigenvalue weighted by molar-refractivity contribution is -0.155. The molecular formula is C32H39N3O7. The zero-order chi connectivity index (χ0) is 30.0. The Bertz CT molecular complexity index is 1480. The molecule has 0 aliphatic carbocycles. The van der Waals surface area contributed by atoms with Crippen LogP contribution in [0.2, 0.25) is 0 Å². The number of anilines is 1. The van der Waals surface area contributed by atoms with Crippen molar-refractivity contribution in [3.05, 3.63) is 75.7 Å². The molecule has 0 saturated carbocycles. The first-order valence-electron chi connectivity index (χ1n) is 14.2. The number of esters is 1. The summed E-state index contributed by atoms with van der Waals surface area (Å²) in [5, 5.41) is 3.19. The minimum atomic E-state index is -0.693. The molecule has 5 rings (SSSR count). The molecule has 2 aromatic carbocycles. The lowest BCUT2D eigenvalue weighted by Crippen LogP contribution is -2.35. The average molecular weight is 578 g/mol. The summed E-state index contributed by atoms with van der Waals surface area (Å²) in [6.07, 6.45) is 0.811. The molecule has 1 N–H and O–H groups in total. The predicted molar refractivity (Wildman–Crippen MR) is 158 cm³/mol. The monoisotopic (exact) mass is 577 g/mol. The van der Waals surface area contributed by atoms with Crippen molar-refractivity contribution in [2.45, 2.75) is 77.7 Å². The van der Waals surface area contributed by atoms with Gasteiger partial charge in [0.2, 0.25) is 0 Å². The second-order valence-corrected chi connectivity index (χ2v) is 11.8. The van der Waals surface area contributed by atoms with Crippen LogP contribution in [0.5, 0.6) is 5.75 Å². The number of hydrogen-bond acceptors (Lipinski definition) is 9. The predicted octanol–water partition coefficient (Wildman–Crippen LogP) is 4.04. The van der Waals surface area contributed by atoms with Crippen molar-refractivity contribution < 1.29 is 28.5 Å². The van der Waals surface area contributed by atoms with Crippen molar-refractivity contribution in [3.8, 4) is 17.1 Å². The number of nitrogens with zero attached hydrogens (tertiary/aromatic N) is 2. The van der Waals surface area contributed by atoms with Crippen molar-refractivity contribution in [3.63, 3.8) is 0 Å². The molecule has 0 spiro atoms. The molecule has 0 amide bonds. The summed E-state index contributed by atoms with van der Waals surface area (Å²) >= 11 is 0. The highest BCUT2D eigenvalue weighted by atomic mass is 16.6. The van der Waals surface area contributed by atoms with Gasteiger partial charge in [-0.1, -0.05) is 18.2 Å². The molecule has 3 heterocycles. The van der Waals surface area contributed by atoms with E-state index in [1.807, 2.05) is 18.2 Å². The van der Waals surface area contributed by atoms with E-state index in [1.54, 1.807) is 40.0 Å². The molecule has 10 nitrogen and oxygen atoms in total. The third-order valence-corrected chi connectivity index (χ3v) is 7.47. The lowest BCUT2D eigenvalue weighted by Gasteiger charge is -2.21. The Morgan fingerprint density at radius 3 is 2.38 bits per heavy atom. The second-order valence-electron chi connectivity index (χ2n) is 11.8. The van der Waals surface area contributed by atoms with E-state index < -0.39 is 11.6 Å². The van der Waals surface area contributed by atoms with Gasteiger partial charge in [-0.25, -0.2) is 4.98 Å². The highest BCUT2D eigenvalue weighted by Gasteiger charge is 2.49. The van der Waals surface area contributed by atoms with Crippen molar-refractivity contribution in [2.75, 3.05) is 25.6 Å². The molecule has 2 aliphatic rings. The Morgan fingerprint density at radius 1 is 1.02 bits per heavy atom. The van der Waals surface area contributed by atoms with Crippen LogP contribution < -0.4 is 15.6 Å². The highest BCUT2D eigenvalue weighted by molar-refractivity contribution is 5.71. The summed E-state index contributed by atoms with van der Waals surface area (Å²) < 4.78 is 30.2. The van der Waals surface area contributed by atoms with Gasteiger partial charge < -0.3 is 29.0 Å². The summed E-state index contributed by atoms with van der Waals surface area (Å²) in [6, 6.07) is 13.4. The fraction of sp³-hybridized carbons (Fsp3) is 0.469. The summed E-state index contributed by atoms with van der Waals surface area (Å²) in [5.41, 5.74) is 3.30. The third-order valence-electron chi connectivity index (χ3n) is 7.47. The zero-order valence-corrected chi connectivity index (χ0v) is 25.0. The Labute approximate surface area is 245 Å². The van der Waals surface area contributed by atoms with Gasteiger partial charge in [0.05, 0.1) is 19.4 Å². The van der Waals surface area contributed by atoms with Gasteiger partial charge in [0.15, 0.2) is 6.10 Å². The number of carbonyl (C=O) groups is 1. The van der Waals surface area contributed by atoms with Crippen LogP contribution in [0, 0.1) is 13.8 Å². The Kier molecular flexibility index (Phi) is 8.68. The van der Waals surface area contributed by atoms with Crippen molar-refractivity contribution in [1.82, 2.24) is 9.55 Å². The molecule has 0 radical (unpaired) electrons. The lowest BCUT2D eigenvalue weighted by atomic mass is 10.1. The molecule has 1 aromatic heterocycles. The molecule has 0 bridgehead atoms. The van der Waals surface area contributed by atoms with Gasteiger partial charge in [-0.15, -0.1) is 0 Å². The molecule has 4 atom stereocenters. The Hall–Kier alpha value is -3.73. The maximum absolute atomic E-state index is 13.7. The standard InChI is InChI=1S/C32H39N3O7/c1-19-7-8-21(13-20(19)2)14-33-24-15-34-30(35(31(24)37)16-27(36)42-32(3,4)5)22-9-11-23(12-10-22)41-26-18-40-28-25(38-6)17-39-29(26)28/h7-13,15,25-26,28-29,33H,14,16-18H2,1-6H3/t25-,26-,28-,29-/m1/s1. The zero-order valence-electron chi connectivity index (χ0n) is 25.0. The van der Waals surface area contributed by atoms with E-state index in [1.165, 1.54) is 21.9 Å². The van der Waals surface area contributed by atoms with E-state index in [0.29, 0.717) is 42.6 Å². The number of methoxy groups -OCH3 is 1. The normalized spacial score (nSPS) is 21.7. The molecule has 2 saturated heterocycles. The average Bonchev–Trinajstić information content (AvgIpc) is 3.53. The highest BCUT2D eigenvalue weighted by Crippen LogP contribution is 2.32. The van der Waals surface area contributed by atoms with Crippen molar-refractivity contribution in [1.29, 1.82) is 0 Å². The molecule has 224 valence electrons. The smallest absolute Gasteiger partial charge is 0.326 e. The van der Waals surface area contributed by atoms with Crippen molar-refractivity contribution >= 4 is 11.7 Å². The maximum atomic E-state index is 13.7. The van der Waals surface area contributed by atoms with Gasteiger partial charge in [-0.3, -0.25) is 14.2 Å². The molecule has 3 aromatic rings. The largest absolute Gasteiger partial charge is 0.485 e. The number of hydrogen-bond donors (Lipinski definition) is 1. The Balaban J connectivity index is 1.37. The number of ether oxygens (including phenoxy) is 5. The van der Waals surface area contributed by atoms with E-state index in [9.17, 15) is 9.59 Å². The first kappa shape index (κ1) is 29.8. The number of fused-ring (bicyclic) bond motifs is 1. The van der Waals surface area contributed by atoms with Crippen LogP contribution in [0.4, 0.5) is 5.69 Å². The summed E-state index contributed by atoms with van der Waals surface area (Å²) in [5.74, 6) is 0.450.